The fraction of sp³-hybridized carbons (Fsp3) is 0.500. The number of ketones is 1. The van der Waals surface area contributed by atoms with Gasteiger partial charge in [0.1, 0.15) is 6.04 Å². The van der Waals surface area contributed by atoms with Crippen LogP contribution in [0.1, 0.15) is 31.2 Å². The first-order chi connectivity index (χ1) is 12.5. The Morgan fingerprint density at radius 1 is 1.19 bits per heavy atom. The number of nitrogens with two attached hydrogens (primary N) is 1. The molecule has 26 heavy (non-hydrogen) atoms. The van der Waals surface area contributed by atoms with Crippen LogP contribution in [-0.2, 0) is 25.6 Å². The van der Waals surface area contributed by atoms with Crippen LogP contribution in [0.25, 0.3) is 0 Å². The lowest BCUT2D eigenvalue weighted by molar-refractivity contribution is -0.136. The number of hydrogen-bond donors (Lipinski definition) is 1. The predicted octanol–water partition coefficient (Wildman–Crippen LogP) is -0.339. The van der Waals surface area contributed by atoms with Crippen LogP contribution >= 0.6 is 0 Å². The van der Waals surface area contributed by atoms with Gasteiger partial charge in [-0.1, -0.05) is 6.07 Å². The summed E-state index contributed by atoms with van der Waals surface area (Å²) in [5, 5.41) is 0. The summed E-state index contributed by atoms with van der Waals surface area (Å²) >= 11 is 0. The predicted molar refractivity (Wildman–Crippen MR) is 91.6 cm³/mol. The Morgan fingerprint density at radius 3 is 2.69 bits per heavy atom. The van der Waals surface area contributed by atoms with Crippen LogP contribution in [0, 0.1) is 0 Å². The molecule has 8 nitrogen and oxygen atoms in total. The lowest BCUT2D eigenvalue weighted by atomic mass is 10.1. The van der Waals surface area contributed by atoms with Crippen molar-refractivity contribution in [3.8, 4) is 0 Å². The quantitative estimate of drug-likeness (QED) is 0.747. The Bertz CT molecular complexity index is 721. The molecule has 3 heterocycles. The van der Waals surface area contributed by atoms with Crippen molar-refractivity contribution in [1.82, 2.24) is 14.8 Å². The maximum Gasteiger partial charge on any atom is 0.227 e. The van der Waals surface area contributed by atoms with E-state index in [-0.39, 0.29) is 49.4 Å². The molecule has 2 N–H and O–H groups in total. The Labute approximate surface area is 151 Å². The van der Waals surface area contributed by atoms with Crippen LogP contribution in [0.5, 0.6) is 0 Å². The molecule has 3 rings (SSSR count). The van der Waals surface area contributed by atoms with Crippen molar-refractivity contribution in [2.75, 3.05) is 13.1 Å². The second-order valence-corrected chi connectivity index (χ2v) is 6.73. The first kappa shape index (κ1) is 18.0. The Morgan fingerprint density at radius 2 is 2.00 bits per heavy atom. The molecule has 1 aromatic rings. The lowest BCUT2D eigenvalue weighted by Crippen LogP contribution is -2.43. The van der Waals surface area contributed by atoms with Crippen molar-refractivity contribution in [2.45, 2.75) is 44.2 Å². The molecule has 0 radical (unpaired) electrons. The molecular formula is C18H22N4O4. The monoisotopic (exact) mass is 358 g/mol. The number of carbonyl (C=O) groups is 4. The first-order valence-corrected chi connectivity index (χ1v) is 8.76. The van der Waals surface area contributed by atoms with Gasteiger partial charge >= 0.3 is 0 Å². The van der Waals surface area contributed by atoms with Crippen molar-refractivity contribution in [1.29, 1.82) is 0 Å². The number of Topliss-reactive ketones (excluding diaryl/α,β-unsaturated/α-hetero) is 1. The van der Waals surface area contributed by atoms with Gasteiger partial charge < -0.3 is 15.5 Å². The highest BCUT2D eigenvalue weighted by Gasteiger charge is 2.50. The molecule has 138 valence electrons. The Balaban J connectivity index is 1.62. The molecule has 0 aromatic carbocycles. The molecule has 8 heteroatoms. The van der Waals surface area contributed by atoms with Gasteiger partial charge in [0.2, 0.25) is 17.7 Å². The number of likely N-dealkylation sites (tertiary alicyclic amines) is 2. The van der Waals surface area contributed by atoms with E-state index in [0.29, 0.717) is 19.4 Å². The van der Waals surface area contributed by atoms with E-state index >= 15 is 0 Å². The average Bonchev–Trinajstić information content (AvgIpc) is 3.17. The number of nitrogens with zero attached hydrogens (tertiary/aromatic N) is 3. The second kappa shape index (κ2) is 7.63. The van der Waals surface area contributed by atoms with Gasteiger partial charge in [-0.3, -0.25) is 24.2 Å². The second-order valence-electron chi connectivity index (χ2n) is 6.73. The van der Waals surface area contributed by atoms with Crippen LogP contribution in [0.2, 0.25) is 0 Å². The van der Waals surface area contributed by atoms with Gasteiger partial charge in [0.15, 0.2) is 5.78 Å². The molecule has 2 aliphatic heterocycles. The number of amides is 3. The molecule has 0 aliphatic carbocycles. The SMILES string of the molecule is NC(=O)CCCC(=O)N1CCC2C1C(=O)CN2C(=O)Cc1cccnc1. The maximum atomic E-state index is 12.6. The lowest BCUT2D eigenvalue weighted by Gasteiger charge is -2.24. The van der Waals surface area contributed by atoms with E-state index in [9.17, 15) is 19.2 Å². The summed E-state index contributed by atoms with van der Waals surface area (Å²) in [6.45, 7) is 0.493. The van der Waals surface area contributed by atoms with E-state index in [1.54, 1.807) is 28.3 Å². The number of fused-ring (bicyclic) bond motifs is 1. The third-order valence-corrected chi connectivity index (χ3v) is 4.96. The molecular weight excluding hydrogens is 336 g/mol. The van der Waals surface area contributed by atoms with Crippen molar-refractivity contribution in [2.24, 2.45) is 5.73 Å². The van der Waals surface area contributed by atoms with Gasteiger partial charge in [-0.05, 0) is 24.5 Å². The molecule has 2 atom stereocenters. The van der Waals surface area contributed by atoms with E-state index < -0.39 is 11.9 Å². The van der Waals surface area contributed by atoms with Gasteiger partial charge in [-0.2, -0.15) is 0 Å². The third-order valence-electron chi connectivity index (χ3n) is 4.96. The molecule has 2 unspecified atom stereocenters. The van der Waals surface area contributed by atoms with Gasteiger partial charge in [-0.25, -0.2) is 0 Å². The number of hydrogen-bond acceptors (Lipinski definition) is 5. The highest BCUT2D eigenvalue weighted by Crippen LogP contribution is 2.30. The zero-order valence-electron chi connectivity index (χ0n) is 14.5. The first-order valence-electron chi connectivity index (χ1n) is 8.76. The molecule has 0 spiro atoms. The van der Waals surface area contributed by atoms with Crippen LogP contribution < -0.4 is 5.73 Å². The minimum atomic E-state index is -0.561. The molecule has 3 amide bonds. The molecule has 0 saturated carbocycles. The summed E-state index contributed by atoms with van der Waals surface area (Å²) in [6.07, 6.45) is 4.77. The summed E-state index contributed by atoms with van der Waals surface area (Å²) in [7, 11) is 0. The number of aromatic nitrogens is 1. The van der Waals surface area contributed by atoms with Crippen molar-refractivity contribution < 1.29 is 19.2 Å². The van der Waals surface area contributed by atoms with E-state index in [0.717, 1.165) is 5.56 Å². The summed E-state index contributed by atoms with van der Waals surface area (Å²) in [5.74, 6) is -0.827. The molecule has 1 aromatic heterocycles. The van der Waals surface area contributed by atoms with E-state index in [1.807, 2.05) is 6.07 Å². The van der Waals surface area contributed by atoms with Crippen molar-refractivity contribution in [3.05, 3.63) is 30.1 Å². The molecule has 2 saturated heterocycles. The van der Waals surface area contributed by atoms with Crippen LogP contribution in [0.15, 0.2) is 24.5 Å². The Kier molecular flexibility index (Phi) is 5.29. The van der Waals surface area contributed by atoms with Crippen LogP contribution in [-0.4, -0.2) is 63.5 Å². The minimum absolute atomic E-state index is 0.0412. The number of carbonyl (C=O) groups excluding carboxylic acids is 4. The summed E-state index contributed by atoms with van der Waals surface area (Å²) in [6, 6.07) is 2.77. The smallest absolute Gasteiger partial charge is 0.227 e. The number of pyridine rings is 1. The average molecular weight is 358 g/mol. The standard InChI is InChI=1S/C18H22N4O4/c19-15(24)4-1-5-16(25)21-8-6-13-18(21)14(23)11-22(13)17(26)9-12-3-2-7-20-10-12/h2-3,7,10,13,18H,1,4-6,8-9,11H2,(H2,19,24). The van der Waals surface area contributed by atoms with Crippen LogP contribution in [0.4, 0.5) is 0 Å². The van der Waals surface area contributed by atoms with E-state index in [2.05, 4.69) is 4.98 Å². The van der Waals surface area contributed by atoms with E-state index in [1.165, 1.54) is 0 Å². The van der Waals surface area contributed by atoms with Gasteiger partial charge in [0.05, 0.1) is 19.0 Å². The fourth-order valence-corrected chi connectivity index (χ4v) is 3.76. The van der Waals surface area contributed by atoms with Gasteiger partial charge in [0.25, 0.3) is 0 Å². The maximum absolute atomic E-state index is 12.6. The third kappa shape index (κ3) is 3.74. The number of primary amides is 1. The van der Waals surface area contributed by atoms with Crippen LogP contribution in [0.3, 0.4) is 0 Å². The molecule has 0 bridgehead atoms. The van der Waals surface area contributed by atoms with Crippen molar-refractivity contribution >= 4 is 23.5 Å². The van der Waals surface area contributed by atoms with Gasteiger partial charge in [0, 0.05) is 31.8 Å². The molecule has 2 fully saturated rings. The van der Waals surface area contributed by atoms with Gasteiger partial charge in [-0.15, -0.1) is 0 Å². The Hall–Kier alpha value is -2.77. The zero-order chi connectivity index (χ0) is 18.7. The van der Waals surface area contributed by atoms with Crippen molar-refractivity contribution in [3.63, 3.8) is 0 Å². The molecule has 2 aliphatic rings. The minimum Gasteiger partial charge on any atom is -0.370 e. The zero-order valence-corrected chi connectivity index (χ0v) is 14.5. The number of rotatable bonds is 6. The topological polar surface area (TPSA) is 114 Å². The highest BCUT2D eigenvalue weighted by atomic mass is 16.2. The normalized spacial score (nSPS) is 21.8. The largest absolute Gasteiger partial charge is 0.370 e. The summed E-state index contributed by atoms with van der Waals surface area (Å²) in [4.78, 5) is 55.4. The highest BCUT2D eigenvalue weighted by molar-refractivity contribution is 5.97. The fourth-order valence-electron chi connectivity index (χ4n) is 3.76. The summed E-state index contributed by atoms with van der Waals surface area (Å²) in [5.41, 5.74) is 5.88. The summed E-state index contributed by atoms with van der Waals surface area (Å²) < 4.78 is 0. The van der Waals surface area contributed by atoms with E-state index in [4.69, 9.17) is 5.73 Å².